The fraction of sp³-hybridized carbons (Fsp3) is 0.286. The van der Waals surface area contributed by atoms with Crippen molar-refractivity contribution in [2.45, 2.75) is 13.0 Å². The monoisotopic (exact) mass is 311 g/mol. The van der Waals surface area contributed by atoms with Crippen molar-refractivity contribution in [1.82, 2.24) is 5.32 Å². The molecule has 0 saturated carbocycles. The van der Waals surface area contributed by atoms with Gasteiger partial charge in [-0.05, 0) is 25.1 Å². The van der Waals surface area contributed by atoms with Gasteiger partial charge >= 0.3 is 5.97 Å². The third-order valence-electron chi connectivity index (χ3n) is 3.04. The van der Waals surface area contributed by atoms with Crippen molar-refractivity contribution in [3.63, 3.8) is 0 Å². The number of carboxylic acid groups (broad SMARTS) is 1. The molecule has 1 aromatic heterocycles. The second-order valence-corrected chi connectivity index (χ2v) is 4.95. The number of nitrogens with one attached hydrogen (secondary N) is 1. The van der Waals surface area contributed by atoms with Crippen LogP contribution in [0.15, 0.2) is 22.6 Å². The van der Waals surface area contributed by atoms with Crippen LogP contribution in [0, 0.1) is 6.92 Å². The van der Waals surface area contributed by atoms with E-state index < -0.39 is 17.9 Å². The molecule has 0 saturated heterocycles. The maximum atomic E-state index is 12.2. The first-order chi connectivity index (χ1) is 9.93. The molecule has 2 aromatic rings. The number of ether oxygens (including phenoxy) is 1. The summed E-state index contributed by atoms with van der Waals surface area (Å²) in [5.74, 6) is -1.72. The average Bonchev–Trinajstić information content (AvgIpc) is 2.75. The molecule has 0 spiro atoms. The first-order valence-corrected chi connectivity index (χ1v) is 6.53. The van der Waals surface area contributed by atoms with E-state index in [0.29, 0.717) is 21.6 Å². The number of hydrogen-bond acceptors (Lipinski definition) is 4. The molecule has 1 amide bonds. The van der Waals surface area contributed by atoms with E-state index in [4.69, 9.17) is 25.9 Å². The zero-order valence-corrected chi connectivity index (χ0v) is 12.2. The van der Waals surface area contributed by atoms with Gasteiger partial charge in [-0.25, -0.2) is 4.79 Å². The lowest BCUT2D eigenvalue weighted by atomic mass is 10.1. The zero-order chi connectivity index (χ0) is 15.6. The Morgan fingerprint density at radius 3 is 2.81 bits per heavy atom. The number of fused-ring (bicyclic) bond motifs is 1. The highest BCUT2D eigenvalue weighted by atomic mass is 35.5. The van der Waals surface area contributed by atoms with Crippen molar-refractivity contribution in [3.05, 3.63) is 34.5 Å². The van der Waals surface area contributed by atoms with Gasteiger partial charge in [0.05, 0.1) is 6.61 Å². The van der Waals surface area contributed by atoms with Gasteiger partial charge in [-0.2, -0.15) is 0 Å². The summed E-state index contributed by atoms with van der Waals surface area (Å²) in [6, 6.07) is 3.86. The van der Waals surface area contributed by atoms with E-state index in [1.54, 1.807) is 25.1 Å². The average molecular weight is 312 g/mol. The van der Waals surface area contributed by atoms with E-state index in [2.05, 4.69) is 5.32 Å². The van der Waals surface area contributed by atoms with Gasteiger partial charge in [-0.3, -0.25) is 4.79 Å². The first-order valence-electron chi connectivity index (χ1n) is 6.15. The molecule has 112 valence electrons. The minimum Gasteiger partial charge on any atom is -0.480 e. The maximum absolute atomic E-state index is 12.2. The summed E-state index contributed by atoms with van der Waals surface area (Å²) >= 11 is 5.91. The number of rotatable bonds is 5. The predicted octanol–water partition coefficient (Wildman–Crippen LogP) is 2.22. The highest BCUT2D eigenvalue weighted by Gasteiger charge is 2.24. The highest BCUT2D eigenvalue weighted by Crippen LogP contribution is 2.27. The molecular weight excluding hydrogens is 298 g/mol. The molecule has 0 aliphatic heterocycles. The topological polar surface area (TPSA) is 88.8 Å². The Balaban J connectivity index is 2.31. The van der Waals surface area contributed by atoms with E-state index in [1.165, 1.54) is 7.11 Å². The Kier molecular flexibility index (Phi) is 4.50. The van der Waals surface area contributed by atoms with Crippen molar-refractivity contribution in [1.29, 1.82) is 0 Å². The number of aryl methyl sites for hydroxylation is 1. The van der Waals surface area contributed by atoms with Crippen LogP contribution in [0.2, 0.25) is 5.02 Å². The van der Waals surface area contributed by atoms with Gasteiger partial charge in [0.1, 0.15) is 5.58 Å². The largest absolute Gasteiger partial charge is 0.480 e. The van der Waals surface area contributed by atoms with Crippen LogP contribution in [0.1, 0.15) is 16.1 Å². The van der Waals surface area contributed by atoms with Crippen molar-refractivity contribution in [2.75, 3.05) is 13.7 Å². The molecule has 2 N–H and O–H groups in total. The summed E-state index contributed by atoms with van der Waals surface area (Å²) in [4.78, 5) is 23.2. The van der Waals surface area contributed by atoms with E-state index in [1.807, 2.05) is 0 Å². The lowest BCUT2D eigenvalue weighted by Gasteiger charge is -2.12. The number of methoxy groups -OCH3 is 1. The molecule has 0 radical (unpaired) electrons. The summed E-state index contributed by atoms with van der Waals surface area (Å²) in [7, 11) is 1.36. The third kappa shape index (κ3) is 3.17. The summed E-state index contributed by atoms with van der Waals surface area (Å²) in [5.41, 5.74) is 1.12. The van der Waals surface area contributed by atoms with Crippen LogP contribution < -0.4 is 5.32 Å². The quantitative estimate of drug-likeness (QED) is 0.884. The van der Waals surface area contributed by atoms with Crippen molar-refractivity contribution in [2.24, 2.45) is 0 Å². The van der Waals surface area contributed by atoms with E-state index >= 15 is 0 Å². The van der Waals surface area contributed by atoms with Gasteiger partial charge in [0.2, 0.25) is 0 Å². The molecule has 1 aromatic carbocycles. The number of carboxylic acids is 1. The van der Waals surface area contributed by atoms with Crippen LogP contribution >= 0.6 is 11.6 Å². The number of benzene rings is 1. The molecule has 0 bridgehead atoms. The van der Waals surface area contributed by atoms with Gasteiger partial charge in [-0.15, -0.1) is 0 Å². The second kappa shape index (κ2) is 6.15. The van der Waals surface area contributed by atoms with Crippen LogP contribution in [0.3, 0.4) is 0 Å². The van der Waals surface area contributed by atoms with Gasteiger partial charge in [0.15, 0.2) is 11.8 Å². The summed E-state index contributed by atoms with van der Waals surface area (Å²) < 4.78 is 10.2. The van der Waals surface area contributed by atoms with Gasteiger partial charge in [0.25, 0.3) is 5.91 Å². The Morgan fingerprint density at radius 1 is 1.48 bits per heavy atom. The molecule has 21 heavy (non-hydrogen) atoms. The van der Waals surface area contributed by atoms with E-state index in [-0.39, 0.29) is 12.4 Å². The standard InChI is InChI=1S/C14H14ClNO5/c1-7-9-5-8(15)3-4-11(9)21-12(7)13(17)16-10(6-20-2)14(18)19/h3-5,10H,6H2,1-2H3,(H,16,17)(H,18,19). The minimum atomic E-state index is -1.18. The number of carbonyl (C=O) groups excluding carboxylic acids is 1. The van der Waals surface area contributed by atoms with Crippen molar-refractivity contribution >= 4 is 34.4 Å². The van der Waals surface area contributed by atoms with Crippen molar-refractivity contribution < 1.29 is 23.8 Å². The Labute approximate surface area is 125 Å². The molecule has 1 heterocycles. The van der Waals surface area contributed by atoms with E-state index in [0.717, 1.165) is 0 Å². The number of furan rings is 1. The minimum absolute atomic E-state index is 0.0645. The SMILES string of the molecule is COCC(NC(=O)c1oc2ccc(Cl)cc2c1C)C(=O)O. The first kappa shape index (κ1) is 15.3. The van der Waals surface area contributed by atoms with Crippen molar-refractivity contribution in [3.8, 4) is 0 Å². The zero-order valence-electron chi connectivity index (χ0n) is 11.5. The summed E-state index contributed by atoms with van der Waals surface area (Å²) in [6.45, 7) is 1.58. The van der Waals surface area contributed by atoms with Crippen LogP contribution in [-0.2, 0) is 9.53 Å². The van der Waals surface area contributed by atoms with E-state index in [9.17, 15) is 9.59 Å². The van der Waals surface area contributed by atoms with Gasteiger partial charge < -0.3 is 19.6 Å². The second-order valence-electron chi connectivity index (χ2n) is 4.52. The Bertz CT molecular complexity index is 694. The Morgan fingerprint density at radius 2 is 2.19 bits per heavy atom. The van der Waals surface area contributed by atoms with Crippen LogP contribution in [0.25, 0.3) is 11.0 Å². The normalized spacial score (nSPS) is 12.3. The predicted molar refractivity (Wildman–Crippen MR) is 76.7 cm³/mol. The molecule has 1 atom stereocenters. The summed E-state index contributed by atoms with van der Waals surface area (Å²) in [6.07, 6.45) is 0. The molecule has 0 fully saturated rings. The fourth-order valence-corrected chi connectivity index (χ4v) is 2.15. The number of amides is 1. The van der Waals surface area contributed by atoms with Crippen LogP contribution in [0.5, 0.6) is 0 Å². The number of aliphatic carboxylic acids is 1. The van der Waals surface area contributed by atoms with Crippen LogP contribution in [-0.4, -0.2) is 36.7 Å². The van der Waals surface area contributed by atoms with Gasteiger partial charge in [0, 0.05) is 23.1 Å². The molecule has 0 aliphatic rings. The number of carbonyl (C=O) groups is 2. The maximum Gasteiger partial charge on any atom is 0.328 e. The molecule has 2 rings (SSSR count). The van der Waals surface area contributed by atoms with Gasteiger partial charge in [-0.1, -0.05) is 11.6 Å². The lowest BCUT2D eigenvalue weighted by Crippen LogP contribution is -2.43. The molecule has 0 aliphatic carbocycles. The molecule has 6 nitrogen and oxygen atoms in total. The number of hydrogen-bond donors (Lipinski definition) is 2. The molecule has 1 unspecified atom stereocenters. The summed E-state index contributed by atoms with van der Waals surface area (Å²) in [5, 5.41) is 12.6. The number of halogens is 1. The third-order valence-corrected chi connectivity index (χ3v) is 3.28. The smallest absolute Gasteiger partial charge is 0.328 e. The molecular formula is C14H14ClNO5. The fourth-order valence-electron chi connectivity index (χ4n) is 1.97. The van der Waals surface area contributed by atoms with Crippen LogP contribution in [0.4, 0.5) is 0 Å². The lowest BCUT2D eigenvalue weighted by molar-refractivity contribution is -0.140. The highest BCUT2D eigenvalue weighted by molar-refractivity contribution is 6.31. The molecule has 7 heteroatoms. The Hall–Kier alpha value is -2.05.